The van der Waals surface area contributed by atoms with Crippen LogP contribution in [0.1, 0.15) is 38.8 Å². The summed E-state index contributed by atoms with van der Waals surface area (Å²) >= 11 is 0. The lowest BCUT2D eigenvalue weighted by Crippen LogP contribution is -2.23. The van der Waals surface area contributed by atoms with E-state index in [1.165, 1.54) is 58.0 Å². The Hall–Kier alpha value is -4.47. The van der Waals surface area contributed by atoms with E-state index in [1.54, 1.807) is 18.2 Å². The first-order valence-corrected chi connectivity index (χ1v) is 10.5. The van der Waals surface area contributed by atoms with Gasteiger partial charge in [-0.2, -0.15) is 0 Å². The molecule has 0 aliphatic rings. The molecular formula is C25H25NO9. The number of hydrogen-bond acceptors (Lipinski definition) is 9. The largest absolute Gasteiger partial charge is 0.423 e. The molecule has 0 unspecified atom stereocenters. The molecule has 1 amide bonds. The SMILES string of the molecule is CC(=O)Oc1ccc(/C=C/C(=O)NCCc2ccc(OC(C)=O)c(OC(C)=O)c2)cc1OC(C)=O. The van der Waals surface area contributed by atoms with E-state index in [4.69, 9.17) is 18.9 Å². The van der Waals surface area contributed by atoms with Gasteiger partial charge >= 0.3 is 23.9 Å². The molecule has 0 radical (unpaired) electrons. The van der Waals surface area contributed by atoms with Crippen molar-refractivity contribution < 1.29 is 42.9 Å². The van der Waals surface area contributed by atoms with Gasteiger partial charge in [0.25, 0.3) is 0 Å². The van der Waals surface area contributed by atoms with Crippen molar-refractivity contribution in [2.24, 2.45) is 0 Å². The monoisotopic (exact) mass is 483 g/mol. The van der Waals surface area contributed by atoms with Gasteiger partial charge in [-0.1, -0.05) is 12.1 Å². The number of carbonyl (C=O) groups is 5. The number of rotatable bonds is 9. The van der Waals surface area contributed by atoms with Crippen LogP contribution in [-0.2, 0) is 30.4 Å². The first-order chi connectivity index (χ1) is 16.5. The van der Waals surface area contributed by atoms with Gasteiger partial charge < -0.3 is 24.3 Å². The Morgan fingerprint density at radius 1 is 0.686 bits per heavy atom. The number of ether oxygens (including phenoxy) is 4. The molecule has 0 atom stereocenters. The third kappa shape index (κ3) is 9.50. The van der Waals surface area contributed by atoms with Gasteiger partial charge in [-0.05, 0) is 47.9 Å². The molecule has 2 aromatic rings. The predicted molar refractivity (Wildman–Crippen MR) is 124 cm³/mol. The number of carbonyl (C=O) groups excluding carboxylic acids is 5. The normalized spacial score (nSPS) is 10.4. The van der Waals surface area contributed by atoms with E-state index in [-0.39, 0.29) is 35.4 Å². The van der Waals surface area contributed by atoms with Gasteiger partial charge in [0.05, 0.1) is 0 Å². The topological polar surface area (TPSA) is 134 Å². The standard InChI is InChI=1S/C25H25NO9/c1-15(27)32-21-8-5-19(13-23(21)34-17(3)29)7-10-25(31)26-12-11-20-6-9-22(33-16(2)28)24(14-20)35-18(4)30/h5-10,13-14H,11-12H2,1-4H3,(H,26,31)/b10-7+. The maximum Gasteiger partial charge on any atom is 0.308 e. The van der Waals surface area contributed by atoms with Crippen molar-refractivity contribution in [2.45, 2.75) is 34.1 Å². The molecule has 0 fully saturated rings. The van der Waals surface area contributed by atoms with Crippen LogP contribution in [0.4, 0.5) is 0 Å². The Balaban J connectivity index is 2.00. The highest BCUT2D eigenvalue weighted by molar-refractivity contribution is 5.91. The molecule has 0 saturated carbocycles. The highest BCUT2D eigenvalue weighted by Gasteiger charge is 2.12. The van der Waals surface area contributed by atoms with Crippen molar-refractivity contribution >= 4 is 35.9 Å². The molecule has 184 valence electrons. The summed E-state index contributed by atoms with van der Waals surface area (Å²) in [6, 6.07) is 9.27. The molecule has 2 rings (SSSR count). The van der Waals surface area contributed by atoms with Crippen LogP contribution >= 0.6 is 0 Å². The summed E-state index contributed by atoms with van der Waals surface area (Å²) in [6.07, 6.45) is 3.22. The molecule has 0 aliphatic heterocycles. The minimum atomic E-state index is -0.588. The second kappa shape index (κ2) is 12.7. The van der Waals surface area contributed by atoms with Crippen LogP contribution < -0.4 is 24.3 Å². The number of hydrogen-bond donors (Lipinski definition) is 1. The van der Waals surface area contributed by atoms with Gasteiger partial charge in [0.15, 0.2) is 23.0 Å². The number of amides is 1. The summed E-state index contributed by atoms with van der Waals surface area (Å²) in [5.74, 6) is -2.28. The fourth-order valence-corrected chi connectivity index (χ4v) is 2.84. The van der Waals surface area contributed by atoms with Crippen LogP contribution in [0.25, 0.3) is 6.08 Å². The molecule has 0 aromatic heterocycles. The van der Waals surface area contributed by atoms with Crippen LogP contribution in [0.2, 0.25) is 0 Å². The number of benzene rings is 2. The summed E-state index contributed by atoms with van der Waals surface area (Å²) in [7, 11) is 0. The van der Waals surface area contributed by atoms with Crippen LogP contribution in [0, 0.1) is 0 Å². The Kier molecular flexibility index (Phi) is 9.71. The lowest BCUT2D eigenvalue weighted by molar-refractivity contribution is -0.134. The molecule has 10 heteroatoms. The Labute approximate surface area is 201 Å². The first-order valence-electron chi connectivity index (χ1n) is 10.5. The van der Waals surface area contributed by atoms with Crippen molar-refractivity contribution in [3.63, 3.8) is 0 Å². The van der Waals surface area contributed by atoms with E-state index in [0.29, 0.717) is 12.0 Å². The fraction of sp³-hybridized carbons (Fsp3) is 0.240. The molecule has 0 aliphatic carbocycles. The first kappa shape index (κ1) is 26.8. The van der Waals surface area contributed by atoms with Gasteiger partial charge in [-0.3, -0.25) is 24.0 Å². The number of nitrogens with one attached hydrogen (secondary N) is 1. The predicted octanol–water partition coefficient (Wildman–Crippen LogP) is 2.76. The lowest BCUT2D eigenvalue weighted by atomic mass is 10.1. The summed E-state index contributed by atoms with van der Waals surface area (Å²) in [6.45, 7) is 5.18. The van der Waals surface area contributed by atoms with E-state index < -0.39 is 23.9 Å². The third-order valence-corrected chi connectivity index (χ3v) is 4.13. The van der Waals surface area contributed by atoms with Crippen LogP contribution in [0.15, 0.2) is 42.5 Å². The van der Waals surface area contributed by atoms with Crippen LogP contribution in [-0.4, -0.2) is 36.3 Å². The average Bonchev–Trinajstić information content (AvgIpc) is 2.74. The second-order valence-corrected chi connectivity index (χ2v) is 7.24. The molecular weight excluding hydrogens is 458 g/mol. The third-order valence-electron chi connectivity index (χ3n) is 4.13. The average molecular weight is 483 g/mol. The second-order valence-electron chi connectivity index (χ2n) is 7.24. The Morgan fingerprint density at radius 3 is 1.71 bits per heavy atom. The van der Waals surface area contributed by atoms with Crippen molar-refractivity contribution in [2.75, 3.05) is 6.54 Å². The van der Waals surface area contributed by atoms with Gasteiger partial charge in [-0.25, -0.2) is 0 Å². The summed E-state index contributed by atoms with van der Waals surface area (Å²) in [5.41, 5.74) is 1.29. The molecule has 0 heterocycles. The zero-order chi connectivity index (χ0) is 26.0. The highest BCUT2D eigenvalue weighted by atomic mass is 16.6. The molecule has 2 aromatic carbocycles. The van der Waals surface area contributed by atoms with Gasteiger partial charge in [0.2, 0.25) is 5.91 Å². The molecule has 10 nitrogen and oxygen atoms in total. The molecule has 0 bridgehead atoms. The highest BCUT2D eigenvalue weighted by Crippen LogP contribution is 2.30. The van der Waals surface area contributed by atoms with E-state index >= 15 is 0 Å². The zero-order valence-electron chi connectivity index (χ0n) is 19.7. The molecule has 35 heavy (non-hydrogen) atoms. The fourth-order valence-electron chi connectivity index (χ4n) is 2.84. The number of esters is 4. The maximum absolute atomic E-state index is 12.2. The van der Waals surface area contributed by atoms with Gasteiger partial charge in [0.1, 0.15) is 0 Å². The van der Waals surface area contributed by atoms with Crippen molar-refractivity contribution in [3.05, 3.63) is 53.6 Å². The summed E-state index contributed by atoms with van der Waals surface area (Å²) < 4.78 is 20.2. The van der Waals surface area contributed by atoms with Crippen molar-refractivity contribution in [1.82, 2.24) is 5.32 Å². The lowest BCUT2D eigenvalue weighted by Gasteiger charge is -2.11. The molecule has 1 N–H and O–H groups in total. The Morgan fingerprint density at radius 2 is 1.17 bits per heavy atom. The summed E-state index contributed by atoms with van der Waals surface area (Å²) in [5, 5.41) is 2.72. The van der Waals surface area contributed by atoms with E-state index in [0.717, 1.165) is 5.56 Å². The van der Waals surface area contributed by atoms with Crippen LogP contribution in [0.5, 0.6) is 23.0 Å². The quantitative estimate of drug-likeness (QED) is 0.324. The van der Waals surface area contributed by atoms with E-state index in [2.05, 4.69) is 5.32 Å². The van der Waals surface area contributed by atoms with Crippen LogP contribution in [0.3, 0.4) is 0 Å². The zero-order valence-corrected chi connectivity index (χ0v) is 19.7. The van der Waals surface area contributed by atoms with Crippen molar-refractivity contribution in [1.29, 1.82) is 0 Å². The van der Waals surface area contributed by atoms with E-state index in [1.807, 2.05) is 0 Å². The minimum Gasteiger partial charge on any atom is -0.423 e. The smallest absolute Gasteiger partial charge is 0.308 e. The van der Waals surface area contributed by atoms with Gasteiger partial charge in [0, 0.05) is 40.3 Å². The van der Waals surface area contributed by atoms with Crippen molar-refractivity contribution in [3.8, 4) is 23.0 Å². The summed E-state index contributed by atoms with van der Waals surface area (Å²) in [4.78, 5) is 57.2. The minimum absolute atomic E-state index is 0.0519. The van der Waals surface area contributed by atoms with E-state index in [9.17, 15) is 24.0 Å². The maximum atomic E-state index is 12.2. The Bertz CT molecular complexity index is 1170. The molecule has 0 saturated heterocycles. The van der Waals surface area contributed by atoms with Gasteiger partial charge in [-0.15, -0.1) is 0 Å². The molecule has 0 spiro atoms.